The van der Waals surface area contributed by atoms with Crippen LogP contribution in [-0.4, -0.2) is 29.4 Å². The summed E-state index contributed by atoms with van der Waals surface area (Å²) in [6, 6.07) is 21.8. The molecular formula is C31H33N3O6. The summed E-state index contributed by atoms with van der Waals surface area (Å²) in [4.78, 5) is 45.0. The molecule has 0 saturated carbocycles. The maximum atomic E-state index is 13.8. The number of nitrogens with zero attached hydrogens (tertiary/aromatic N) is 3. The van der Waals surface area contributed by atoms with Gasteiger partial charge in [0.1, 0.15) is 11.7 Å². The Morgan fingerprint density at radius 1 is 0.825 bits per heavy atom. The SMILES string of the molecule is CCCCCCCCOc1ccc([C@@H]2[C@@H]3C(=O)N(c4ccc([N+](=O)[O-])cc4)C(=O)[C@@H]3ON2c2ccccc2)cc1. The van der Waals surface area contributed by atoms with Crippen molar-refractivity contribution in [2.75, 3.05) is 16.6 Å². The lowest BCUT2D eigenvalue weighted by molar-refractivity contribution is -0.384. The zero-order valence-corrected chi connectivity index (χ0v) is 22.5. The number of hydrogen-bond acceptors (Lipinski definition) is 7. The fourth-order valence-corrected chi connectivity index (χ4v) is 5.36. The molecule has 9 heteroatoms. The number of anilines is 2. The average Bonchev–Trinajstić information content (AvgIpc) is 3.49. The first-order valence-electron chi connectivity index (χ1n) is 13.9. The van der Waals surface area contributed by atoms with Crippen LogP contribution < -0.4 is 14.7 Å². The van der Waals surface area contributed by atoms with E-state index in [0.717, 1.165) is 34.7 Å². The lowest BCUT2D eigenvalue weighted by Crippen LogP contribution is -2.37. The second-order valence-corrected chi connectivity index (χ2v) is 10.1. The molecule has 0 radical (unpaired) electrons. The van der Waals surface area contributed by atoms with Gasteiger partial charge in [-0.3, -0.25) is 24.5 Å². The van der Waals surface area contributed by atoms with Crippen molar-refractivity contribution >= 4 is 28.9 Å². The van der Waals surface area contributed by atoms with Gasteiger partial charge < -0.3 is 4.74 Å². The first-order chi connectivity index (χ1) is 19.5. The van der Waals surface area contributed by atoms with Crippen molar-refractivity contribution in [3.63, 3.8) is 0 Å². The number of hydroxylamine groups is 1. The molecule has 9 nitrogen and oxygen atoms in total. The molecule has 0 bridgehead atoms. The average molecular weight is 544 g/mol. The minimum absolute atomic E-state index is 0.119. The summed E-state index contributed by atoms with van der Waals surface area (Å²) in [5.74, 6) is -0.944. The minimum Gasteiger partial charge on any atom is -0.494 e. The van der Waals surface area contributed by atoms with E-state index >= 15 is 0 Å². The van der Waals surface area contributed by atoms with Crippen LogP contribution in [0.5, 0.6) is 5.75 Å². The van der Waals surface area contributed by atoms with E-state index < -0.39 is 34.8 Å². The monoisotopic (exact) mass is 543 g/mol. The molecule has 3 atom stereocenters. The van der Waals surface area contributed by atoms with Gasteiger partial charge in [0, 0.05) is 12.1 Å². The molecular weight excluding hydrogens is 510 g/mol. The first-order valence-corrected chi connectivity index (χ1v) is 13.9. The van der Waals surface area contributed by atoms with Crippen LogP contribution in [0.25, 0.3) is 0 Å². The summed E-state index contributed by atoms with van der Waals surface area (Å²) >= 11 is 0. The number of imide groups is 1. The Bertz CT molecular complexity index is 1330. The normalized spacial score (nSPS) is 20.2. The van der Waals surface area contributed by atoms with Gasteiger partial charge in [0.15, 0.2) is 6.10 Å². The number of rotatable bonds is 12. The van der Waals surface area contributed by atoms with Crippen LogP contribution in [0.1, 0.15) is 57.1 Å². The highest BCUT2D eigenvalue weighted by Gasteiger charge is 2.60. The standard InChI is InChI=1S/C31H33N3O6/c1-2-3-4-5-6-10-21-39-26-19-13-22(14-20-26)28-27-29(40-33(28)24-11-8-7-9-12-24)31(36)32(30(27)35)23-15-17-25(18-16-23)34(37)38/h7-9,11-20,27-29H,2-6,10,21H2,1H3/t27-,28+,29+/m0/s1. The number of carbonyl (C=O) groups excluding carboxylic acids is 2. The Labute approximate surface area is 233 Å². The van der Waals surface area contributed by atoms with Gasteiger partial charge in [-0.1, -0.05) is 69.4 Å². The van der Waals surface area contributed by atoms with Gasteiger partial charge in [0.25, 0.3) is 11.6 Å². The van der Waals surface area contributed by atoms with Crippen LogP contribution >= 0.6 is 0 Å². The van der Waals surface area contributed by atoms with Gasteiger partial charge >= 0.3 is 0 Å². The van der Waals surface area contributed by atoms with Crippen LogP contribution in [-0.2, 0) is 14.4 Å². The number of nitro groups is 1. The summed E-state index contributed by atoms with van der Waals surface area (Å²) in [5.41, 5.74) is 1.70. The summed E-state index contributed by atoms with van der Waals surface area (Å²) in [5, 5.41) is 12.7. The highest BCUT2D eigenvalue weighted by molar-refractivity contribution is 6.24. The smallest absolute Gasteiger partial charge is 0.269 e. The third-order valence-corrected chi connectivity index (χ3v) is 7.43. The highest BCUT2D eigenvalue weighted by atomic mass is 16.7. The Morgan fingerprint density at radius 3 is 2.17 bits per heavy atom. The number of carbonyl (C=O) groups is 2. The van der Waals surface area contributed by atoms with E-state index in [9.17, 15) is 19.7 Å². The Hall–Kier alpha value is -4.24. The number of amides is 2. The van der Waals surface area contributed by atoms with Crippen LogP contribution in [0.3, 0.4) is 0 Å². The molecule has 2 aliphatic heterocycles. The topological polar surface area (TPSA) is 102 Å². The van der Waals surface area contributed by atoms with Crippen molar-refractivity contribution in [2.24, 2.45) is 5.92 Å². The molecule has 2 heterocycles. The molecule has 2 fully saturated rings. The Balaban J connectivity index is 1.35. The second kappa shape index (κ2) is 12.3. The zero-order valence-electron chi connectivity index (χ0n) is 22.5. The molecule has 3 aromatic rings. The number of unbranched alkanes of at least 4 members (excludes halogenated alkanes) is 5. The van der Waals surface area contributed by atoms with E-state index in [4.69, 9.17) is 9.57 Å². The third kappa shape index (κ3) is 5.56. The lowest BCUT2D eigenvalue weighted by atomic mass is 9.90. The van der Waals surface area contributed by atoms with Crippen molar-refractivity contribution in [3.05, 3.63) is 94.5 Å². The molecule has 0 aromatic heterocycles. The molecule has 0 spiro atoms. The summed E-state index contributed by atoms with van der Waals surface area (Å²) in [6.45, 7) is 2.86. The molecule has 2 amide bonds. The molecule has 0 unspecified atom stereocenters. The number of fused-ring (bicyclic) bond motifs is 1. The molecule has 5 rings (SSSR count). The van der Waals surface area contributed by atoms with E-state index in [2.05, 4.69) is 6.92 Å². The van der Waals surface area contributed by atoms with Gasteiger partial charge in [0.2, 0.25) is 5.91 Å². The predicted molar refractivity (Wildman–Crippen MR) is 151 cm³/mol. The fraction of sp³-hybridized carbons (Fsp3) is 0.355. The molecule has 0 aliphatic carbocycles. The number of para-hydroxylation sites is 1. The third-order valence-electron chi connectivity index (χ3n) is 7.43. The fourth-order valence-electron chi connectivity index (χ4n) is 5.36. The van der Waals surface area contributed by atoms with Gasteiger partial charge in [-0.25, -0.2) is 9.96 Å². The van der Waals surface area contributed by atoms with Crippen LogP contribution in [0.4, 0.5) is 17.1 Å². The van der Waals surface area contributed by atoms with Gasteiger partial charge in [-0.05, 0) is 48.4 Å². The summed E-state index contributed by atoms with van der Waals surface area (Å²) < 4.78 is 5.95. The van der Waals surface area contributed by atoms with Crippen LogP contribution in [0.15, 0.2) is 78.9 Å². The highest BCUT2D eigenvalue weighted by Crippen LogP contribution is 2.47. The number of ether oxygens (including phenoxy) is 1. The zero-order chi connectivity index (χ0) is 28.1. The maximum absolute atomic E-state index is 13.8. The van der Waals surface area contributed by atoms with Crippen molar-refractivity contribution in [3.8, 4) is 5.75 Å². The second-order valence-electron chi connectivity index (χ2n) is 10.1. The summed E-state index contributed by atoms with van der Waals surface area (Å²) in [7, 11) is 0. The molecule has 3 aromatic carbocycles. The minimum atomic E-state index is -1.02. The molecule has 2 saturated heterocycles. The van der Waals surface area contributed by atoms with E-state index in [1.54, 1.807) is 5.06 Å². The quantitative estimate of drug-likeness (QED) is 0.113. The summed E-state index contributed by atoms with van der Waals surface area (Å²) in [6.07, 6.45) is 6.12. The Kier molecular flexibility index (Phi) is 8.40. The molecule has 40 heavy (non-hydrogen) atoms. The van der Waals surface area contributed by atoms with Crippen molar-refractivity contribution < 1.29 is 24.1 Å². The Morgan fingerprint density at radius 2 is 1.50 bits per heavy atom. The van der Waals surface area contributed by atoms with Crippen LogP contribution in [0, 0.1) is 16.0 Å². The largest absolute Gasteiger partial charge is 0.494 e. The molecule has 2 aliphatic rings. The molecule has 0 N–H and O–H groups in total. The maximum Gasteiger partial charge on any atom is 0.269 e. The number of benzene rings is 3. The number of hydrogen-bond donors (Lipinski definition) is 0. The lowest BCUT2D eigenvalue weighted by Gasteiger charge is -2.28. The van der Waals surface area contributed by atoms with Crippen molar-refractivity contribution in [1.29, 1.82) is 0 Å². The van der Waals surface area contributed by atoms with Gasteiger partial charge in [0.05, 0.1) is 28.9 Å². The number of non-ortho nitro benzene ring substituents is 1. The molecule has 208 valence electrons. The van der Waals surface area contributed by atoms with E-state index in [-0.39, 0.29) is 11.4 Å². The predicted octanol–water partition coefficient (Wildman–Crippen LogP) is 6.39. The van der Waals surface area contributed by atoms with E-state index in [1.807, 2.05) is 54.6 Å². The van der Waals surface area contributed by atoms with Crippen molar-refractivity contribution in [1.82, 2.24) is 0 Å². The first kappa shape index (κ1) is 27.3. The number of nitro benzene ring substituents is 1. The van der Waals surface area contributed by atoms with Crippen LogP contribution in [0.2, 0.25) is 0 Å². The van der Waals surface area contributed by atoms with E-state index in [0.29, 0.717) is 6.61 Å². The van der Waals surface area contributed by atoms with Gasteiger partial charge in [-0.2, -0.15) is 0 Å². The van der Waals surface area contributed by atoms with Gasteiger partial charge in [-0.15, -0.1) is 0 Å². The van der Waals surface area contributed by atoms with Crippen molar-refractivity contribution in [2.45, 2.75) is 57.6 Å². The van der Waals surface area contributed by atoms with E-state index in [1.165, 1.54) is 49.9 Å².